The summed E-state index contributed by atoms with van der Waals surface area (Å²) in [4.78, 5) is 0. The van der Waals surface area contributed by atoms with Crippen LogP contribution >= 0.6 is 0 Å². The van der Waals surface area contributed by atoms with Gasteiger partial charge in [0, 0.05) is 7.11 Å². The molecule has 4 nitrogen and oxygen atoms in total. The van der Waals surface area contributed by atoms with Gasteiger partial charge in [-0.1, -0.05) is 31.7 Å². The van der Waals surface area contributed by atoms with Gasteiger partial charge in [-0.15, -0.1) is 0 Å². The minimum Gasteiger partial charge on any atom is -0.493 e. The lowest BCUT2D eigenvalue weighted by Gasteiger charge is -2.37. The van der Waals surface area contributed by atoms with E-state index in [1.807, 2.05) is 18.2 Å². The summed E-state index contributed by atoms with van der Waals surface area (Å²) in [7, 11) is 5.07. The predicted octanol–water partition coefficient (Wildman–Crippen LogP) is 3.44. The summed E-state index contributed by atoms with van der Waals surface area (Å²) >= 11 is 0. The molecule has 0 radical (unpaired) electrons. The maximum Gasteiger partial charge on any atom is 0.161 e. The maximum absolute atomic E-state index is 6.58. The summed E-state index contributed by atoms with van der Waals surface area (Å²) in [6, 6.07) is 5.74. The highest BCUT2D eigenvalue weighted by Crippen LogP contribution is 2.40. The third-order valence-corrected chi connectivity index (χ3v) is 4.69. The number of nitrogens with two attached hydrogens (primary N) is 1. The van der Waals surface area contributed by atoms with Gasteiger partial charge in [0.1, 0.15) is 0 Å². The molecular formula is C17H27NO3. The van der Waals surface area contributed by atoms with Gasteiger partial charge in [0.2, 0.25) is 0 Å². The first-order chi connectivity index (χ1) is 10.2. The second kappa shape index (κ2) is 7.14. The topological polar surface area (TPSA) is 53.7 Å². The van der Waals surface area contributed by atoms with Crippen LogP contribution in [-0.4, -0.2) is 26.9 Å². The van der Waals surface area contributed by atoms with E-state index >= 15 is 0 Å². The minimum absolute atomic E-state index is 0.152. The van der Waals surface area contributed by atoms with Gasteiger partial charge in [-0.25, -0.2) is 0 Å². The van der Waals surface area contributed by atoms with Crippen LogP contribution in [0.3, 0.4) is 0 Å². The van der Waals surface area contributed by atoms with Crippen LogP contribution in [0.2, 0.25) is 0 Å². The average molecular weight is 293 g/mol. The van der Waals surface area contributed by atoms with Crippen molar-refractivity contribution in [2.75, 3.05) is 21.3 Å². The molecule has 21 heavy (non-hydrogen) atoms. The molecule has 2 rings (SSSR count). The highest BCUT2D eigenvalue weighted by Gasteiger charge is 2.38. The molecule has 0 aromatic heterocycles. The fourth-order valence-corrected chi connectivity index (χ4v) is 3.32. The monoisotopic (exact) mass is 293 g/mol. The summed E-state index contributed by atoms with van der Waals surface area (Å²) in [6.45, 7) is 0. The quantitative estimate of drug-likeness (QED) is 0.845. The smallest absolute Gasteiger partial charge is 0.161 e. The third kappa shape index (κ3) is 3.33. The van der Waals surface area contributed by atoms with Gasteiger partial charge in [0.15, 0.2) is 11.5 Å². The van der Waals surface area contributed by atoms with Crippen LogP contribution in [-0.2, 0) is 4.74 Å². The molecule has 4 heteroatoms. The van der Waals surface area contributed by atoms with Crippen molar-refractivity contribution < 1.29 is 14.2 Å². The summed E-state index contributed by atoms with van der Waals surface area (Å²) in [5.41, 5.74) is 7.35. The maximum atomic E-state index is 6.58. The molecule has 2 N–H and O–H groups in total. The van der Waals surface area contributed by atoms with Crippen LogP contribution in [0.4, 0.5) is 0 Å². The van der Waals surface area contributed by atoms with Crippen molar-refractivity contribution in [2.45, 2.75) is 50.2 Å². The number of rotatable bonds is 5. The van der Waals surface area contributed by atoms with E-state index in [1.54, 1.807) is 21.3 Å². The molecule has 0 saturated heterocycles. The molecule has 1 saturated carbocycles. The van der Waals surface area contributed by atoms with Crippen molar-refractivity contribution in [3.63, 3.8) is 0 Å². The minimum atomic E-state index is -0.268. The van der Waals surface area contributed by atoms with E-state index in [4.69, 9.17) is 19.9 Å². The SMILES string of the molecule is COc1ccc(C(N)C2(OC)CCCCCC2)cc1OC. The molecule has 118 valence electrons. The molecule has 1 aromatic carbocycles. The van der Waals surface area contributed by atoms with Crippen molar-refractivity contribution in [1.29, 1.82) is 0 Å². The Hall–Kier alpha value is -1.26. The molecule has 0 spiro atoms. The first-order valence-electron chi connectivity index (χ1n) is 7.69. The van der Waals surface area contributed by atoms with Gasteiger partial charge < -0.3 is 19.9 Å². The second-order valence-electron chi connectivity index (χ2n) is 5.78. The van der Waals surface area contributed by atoms with E-state index in [-0.39, 0.29) is 11.6 Å². The van der Waals surface area contributed by atoms with E-state index in [0.29, 0.717) is 5.75 Å². The first-order valence-corrected chi connectivity index (χ1v) is 7.69. The normalized spacial score (nSPS) is 19.6. The van der Waals surface area contributed by atoms with Crippen LogP contribution in [0.25, 0.3) is 0 Å². The second-order valence-corrected chi connectivity index (χ2v) is 5.78. The molecule has 1 aromatic rings. The Morgan fingerprint density at radius 3 is 2.10 bits per heavy atom. The molecule has 1 unspecified atom stereocenters. The molecule has 1 fully saturated rings. The van der Waals surface area contributed by atoms with E-state index in [2.05, 4.69) is 0 Å². The fourth-order valence-electron chi connectivity index (χ4n) is 3.32. The van der Waals surface area contributed by atoms with Crippen molar-refractivity contribution in [3.8, 4) is 11.5 Å². The first kappa shape index (κ1) is 16.1. The Morgan fingerprint density at radius 2 is 1.57 bits per heavy atom. The predicted molar refractivity (Wildman–Crippen MR) is 83.9 cm³/mol. The van der Waals surface area contributed by atoms with Crippen LogP contribution in [0.1, 0.15) is 50.1 Å². The van der Waals surface area contributed by atoms with Gasteiger partial charge >= 0.3 is 0 Å². The molecule has 1 aliphatic carbocycles. The number of hydrogen-bond donors (Lipinski definition) is 1. The fraction of sp³-hybridized carbons (Fsp3) is 0.647. The standard InChI is InChI=1S/C17H27NO3/c1-19-14-9-8-13(12-15(14)20-2)16(18)17(21-3)10-6-4-5-7-11-17/h8-9,12,16H,4-7,10-11,18H2,1-3H3. The van der Waals surface area contributed by atoms with Gasteiger partial charge in [0.25, 0.3) is 0 Å². The van der Waals surface area contributed by atoms with E-state index in [1.165, 1.54) is 25.7 Å². The summed E-state index contributed by atoms with van der Waals surface area (Å²) in [5, 5.41) is 0. The number of benzene rings is 1. The van der Waals surface area contributed by atoms with Crippen molar-refractivity contribution in [2.24, 2.45) is 5.73 Å². The van der Waals surface area contributed by atoms with Crippen molar-refractivity contribution in [1.82, 2.24) is 0 Å². The summed E-state index contributed by atoms with van der Waals surface area (Å²) in [6.07, 6.45) is 6.91. The van der Waals surface area contributed by atoms with Crippen molar-refractivity contribution >= 4 is 0 Å². The van der Waals surface area contributed by atoms with Crippen molar-refractivity contribution in [3.05, 3.63) is 23.8 Å². The van der Waals surface area contributed by atoms with Crippen LogP contribution in [0, 0.1) is 0 Å². The van der Waals surface area contributed by atoms with Crippen LogP contribution < -0.4 is 15.2 Å². The van der Waals surface area contributed by atoms with E-state index in [0.717, 1.165) is 24.2 Å². The molecule has 0 aliphatic heterocycles. The zero-order valence-electron chi connectivity index (χ0n) is 13.4. The van der Waals surface area contributed by atoms with Gasteiger partial charge in [-0.05, 0) is 30.5 Å². The largest absolute Gasteiger partial charge is 0.493 e. The van der Waals surface area contributed by atoms with E-state index < -0.39 is 0 Å². The Morgan fingerprint density at radius 1 is 0.952 bits per heavy atom. The third-order valence-electron chi connectivity index (χ3n) is 4.69. The number of methoxy groups -OCH3 is 3. The molecule has 1 atom stereocenters. The zero-order valence-corrected chi connectivity index (χ0v) is 13.4. The average Bonchev–Trinajstić information content (AvgIpc) is 2.79. The molecule has 1 aliphatic rings. The van der Waals surface area contributed by atoms with E-state index in [9.17, 15) is 0 Å². The number of ether oxygens (including phenoxy) is 3. The van der Waals surface area contributed by atoms with Crippen LogP contribution in [0.15, 0.2) is 18.2 Å². The molecular weight excluding hydrogens is 266 g/mol. The Kier molecular flexibility index (Phi) is 5.48. The number of hydrogen-bond acceptors (Lipinski definition) is 4. The molecule has 0 bridgehead atoms. The van der Waals surface area contributed by atoms with Gasteiger partial charge in [-0.2, -0.15) is 0 Å². The Bertz CT molecular complexity index is 453. The summed E-state index contributed by atoms with van der Waals surface area (Å²) < 4.78 is 16.6. The lowest BCUT2D eigenvalue weighted by atomic mass is 9.82. The Balaban J connectivity index is 2.30. The van der Waals surface area contributed by atoms with Crippen LogP contribution in [0.5, 0.6) is 11.5 Å². The van der Waals surface area contributed by atoms with Gasteiger partial charge in [-0.3, -0.25) is 0 Å². The molecule has 0 amide bonds. The van der Waals surface area contributed by atoms with Gasteiger partial charge in [0.05, 0.1) is 25.9 Å². The highest BCUT2D eigenvalue weighted by molar-refractivity contribution is 5.44. The zero-order chi connectivity index (χ0) is 15.3. The lowest BCUT2D eigenvalue weighted by Crippen LogP contribution is -2.42. The molecule has 0 heterocycles. The Labute approximate surface area is 127 Å². The highest BCUT2D eigenvalue weighted by atomic mass is 16.5. The lowest BCUT2D eigenvalue weighted by molar-refractivity contribution is -0.0442. The summed E-state index contributed by atoms with van der Waals surface area (Å²) in [5.74, 6) is 1.44.